The molecule has 9 heteroatoms. The van der Waals surface area contributed by atoms with Crippen LogP contribution in [0, 0.1) is 12.8 Å². The lowest BCUT2D eigenvalue weighted by Gasteiger charge is -2.21. The van der Waals surface area contributed by atoms with Crippen LogP contribution >= 0.6 is 0 Å². The van der Waals surface area contributed by atoms with Gasteiger partial charge < -0.3 is 10.6 Å². The zero-order valence-electron chi connectivity index (χ0n) is 12.5. The van der Waals surface area contributed by atoms with Gasteiger partial charge in [-0.1, -0.05) is 0 Å². The Morgan fingerprint density at radius 3 is 2.52 bits per heavy atom. The maximum Gasteiger partial charge on any atom is 0.246 e. The lowest BCUT2D eigenvalue weighted by molar-refractivity contribution is -0.122. The van der Waals surface area contributed by atoms with E-state index in [1.807, 2.05) is 11.9 Å². The molecule has 21 heavy (non-hydrogen) atoms. The maximum absolute atomic E-state index is 12.8. The van der Waals surface area contributed by atoms with Crippen molar-refractivity contribution in [2.45, 2.75) is 11.8 Å². The van der Waals surface area contributed by atoms with Gasteiger partial charge in [0.2, 0.25) is 15.9 Å². The van der Waals surface area contributed by atoms with Crippen LogP contribution < -0.4 is 5.73 Å². The van der Waals surface area contributed by atoms with Crippen LogP contribution in [0.2, 0.25) is 0 Å². The highest BCUT2D eigenvalue weighted by Crippen LogP contribution is 2.21. The van der Waals surface area contributed by atoms with Gasteiger partial charge in [0.05, 0.1) is 11.6 Å². The molecule has 0 unspecified atom stereocenters. The standard InChI is InChI=1S/C12H21N5O3S/c1-9-11(8-16(3)14-9)21(19,20)17-5-4-15(2)6-10(7-17)12(13)18/h8,10H,4-7H2,1-3H3,(H2,13,18)/t10-/m0/s1. The van der Waals surface area contributed by atoms with Crippen molar-refractivity contribution >= 4 is 15.9 Å². The van der Waals surface area contributed by atoms with E-state index < -0.39 is 21.8 Å². The van der Waals surface area contributed by atoms with Gasteiger partial charge in [-0.2, -0.15) is 9.40 Å². The van der Waals surface area contributed by atoms with Crippen molar-refractivity contribution in [3.8, 4) is 0 Å². The average molecular weight is 315 g/mol. The summed E-state index contributed by atoms with van der Waals surface area (Å²) in [4.78, 5) is 13.6. The number of likely N-dealkylation sites (N-methyl/N-ethyl adjacent to an activating group) is 1. The molecule has 1 atom stereocenters. The largest absolute Gasteiger partial charge is 0.369 e. The second kappa shape index (κ2) is 5.74. The van der Waals surface area contributed by atoms with Gasteiger partial charge in [-0.25, -0.2) is 8.42 Å². The Kier molecular flexibility index (Phi) is 4.35. The topological polar surface area (TPSA) is 102 Å². The van der Waals surface area contributed by atoms with Gasteiger partial charge in [0.15, 0.2) is 0 Å². The van der Waals surface area contributed by atoms with Crippen LogP contribution in [0.5, 0.6) is 0 Å². The summed E-state index contributed by atoms with van der Waals surface area (Å²) >= 11 is 0. The summed E-state index contributed by atoms with van der Waals surface area (Å²) in [6, 6.07) is 0. The van der Waals surface area contributed by atoms with E-state index in [0.29, 0.717) is 25.3 Å². The van der Waals surface area contributed by atoms with Crippen LogP contribution in [0.3, 0.4) is 0 Å². The number of primary amides is 1. The predicted molar refractivity (Wildman–Crippen MR) is 76.9 cm³/mol. The number of rotatable bonds is 3. The fraction of sp³-hybridized carbons (Fsp3) is 0.667. The molecule has 118 valence electrons. The van der Waals surface area contributed by atoms with Gasteiger partial charge >= 0.3 is 0 Å². The molecule has 0 radical (unpaired) electrons. The molecule has 1 fully saturated rings. The molecule has 0 aromatic carbocycles. The van der Waals surface area contributed by atoms with Crippen molar-refractivity contribution in [2.75, 3.05) is 33.2 Å². The first-order chi connectivity index (χ1) is 9.71. The van der Waals surface area contributed by atoms with E-state index in [1.54, 1.807) is 14.0 Å². The van der Waals surface area contributed by atoms with Gasteiger partial charge in [-0.3, -0.25) is 9.48 Å². The summed E-state index contributed by atoms with van der Waals surface area (Å²) in [6.45, 7) is 3.12. The minimum atomic E-state index is -3.67. The van der Waals surface area contributed by atoms with Gasteiger partial charge in [-0.15, -0.1) is 0 Å². The Morgan fingerprint density at radius 2 is 2.00 bits per heavy atom. The van der Waals surface area contributed by atoms with Crippen molar-refractivity contribution in [1.29, 1.82) is 0 Å². The first-order valence-corrected chi connectivity index (χ1v) is 8.14. The molecule has 2 heterocycles. The monoisotopic (exact) mass is 315 g/mol. The highest BCUT2D eigenvalue weighted by Gasteiger charge is 2.34. The Labute approximate surface area is 124 Å². The van der Waals surface area contributed by atoms with E-state index in [1.165, 1.54) is 15.2 Å². The molecule has 1 aliphatic rings. The summed E-state index contributed by atoms with van der Waals surface area (Å²) < 4.78 is 28.3. The van der Waals surface area contributed by atoms with Crippen LogP contribution in [0.4, 0.5) is 0 Å². The molecule has 1 aromatic heterocycles. The Balaban J connectivity index is 2.34. The summed E-state index contributed by atoms with van der Waals surface area (Å²) in [6.07, 6.45) is 1.48. The van der Waals surface area contributed by atoms with Crippen LogP contribution in [0.1, 0.15) is 5.69 Å². The summed E-state index contributed by atoms with van der Waals surface area (Å²) in [5, 5.41) is 4.07. The van der Waals surface area contributed by atoms with Crippen molar-refractivity contribution < 1.29 is 13.2 Å². The first kappa shape index (κ1) is 15.9. The van der Waals surface area contributed by atoms with E-state index in [9.17, 15) is 13.2 Å². The molecule has 1 amide bonds. The van der Waals surface area contributed by atoms with Gasteiger partial charge in [0, 0.05) is 39.4 Å². The number of carbonyl (C=O) groups is 1. The molecule has 1 aromatic rings. The highest BCUT2D eigenvalue weighted by atomic mass is 32.2. The number of nitrogens with zero attached hydrogens (tertiary/aromatic N) is 4. The number of aryl methyl sites for hydroxylation is 2. The van der Waals surface area contributed by atoms with Crippen molar-refractivity contribution in [3.05, 3.63) is 11.9 Å². The minimum Gasteiger partial charge on any atom is -0.369 e. The third-order valence-corrected chi connectivity index (χ3v) is 5.64. The molecular formula is C12H21N5O3S. The van der Waals surface area contributed by atoms with Crippen molar-refractivity contribution in [3.63, 3.8) is 0 Å². The molecular weight excluding hydrogens is 294 g/mol. The van der Waals surface area contributed by atoms with Crippen LogP contribution in [0.25, 0.3) is 0 Å². The van der Waals surface area contributed by atoms with Crippen LogP contribution in [-0.2, 0) is 21.9 Å². The smallest absolute Gasteiger partial charge is 0.246 e. The SMILES string of the molecule is Cc1nn(C)cc1S(=O)(=O)N1CCN(C)C[C@H](C(N)=O)C1. The average Bonchev–Trinajstić information content (AvgIpc) is 2.59. The molecule has 0 aliphatic carbocycles. The fourth-order valence-corrected chi connectivity index (χ4v) is 4.19. The van der Waals surface area contributed by atoms with Gasteiger partial charge in [0.1, 0.15) is 4.90 Å². The number of amides is 1. The Hall–Kier alpha value is -1.45. The number of hydrogen-bond acceptors (Lipinski definition) is 5. The van der Waals surface area contributed by atoms with Crippen molar-refractivity contribution in [2.24, 2.45) is 18.7 Å². The third-order valence-electron chi connectivity index (χ3n) is 3.68. The number of hydrogen-bond donors (Lipinski definition) is 1. The Morgan fingerprint density at radius 1 is 1.33 bits per heavy atom. The van der Waals surface area contributed by atoms with Gasteiger partial charge in [0.25, 0.3) is 0 Å². The summed E-state index contributed by atoms with van der Waals surface area (Å²) in [5.41, 5.74) is 5.82. The normalized spacial score (nSPS) is 22.1. The summed E-state index contributed by atoms with van der Waals surface area (Å²) in [7, 11) is -0.146. The predicted octanol–water partition coefficient (Wildman–Crippen LogP) is -1.23. The molecule has 1 aliphatic heterocycles. The molecule has 8 nitrogen and oxygen atoms in total. The molecule has 2 N–H and O–H groups in total. The zero-order chi connectivity index (χ0) is 15.8. The van der Waals surface area contributed by atoms with Gasteiger partial charge in [-0.05, 0) is 14.0 Å². The lowest BCUT2D eigenvalue weighted by atomic mass is 10.1. The minimum absolute atomic E-state index is 0.107. The van der Waals surface area contributed by atoms with E-state index in [4.69, 9.17) is 5.73 Å². The molecule has 1 saturated heterocycles. The number of carbonyl (C=O) groups excluding carboxylic acids is 1. The Bertz CT molecular complexity index is 639. The molecule has 0 saturated carbocycles. The fourth-order valence-electron chi connectivity index (χ4n) is 2.51. The van der Waals surface area contributed by atoms with Crippen molar-refractivity contribution in [1.82, 2.24) is 19.0 Å². The number of sulfonamides is 1. The van der Waals surface area contributed by atoms with E-state index >= 15 is 0 Å². The highest BCUT2D eigenvalue weighted by molar-refractivity contribution is 7.89. The first-order valence-electron chi connectivity index (χ1n) is 6.70. The lowest BCUT2D eigenvalue weighted by Crippen LogP contribution is -2.40. The second-order valence-corrected chi connectivity index (χ2v) is 7.38. The number of aromatic nitrogens is 2. The summed E-state index contributed by atoms with van der Waals surface area (Å²) in [5.74, 6) is -0.990. The maximum atomic E-state index is 12.8. The van der Waals surface area contributed by atoms with Crippen LogP contribution in [0.15, 0.2) is 11.1 Å². The molecule has 0 spiro atoms. The number of nitrogens with two attached hydrogens (primary N) is 1. The second-order valence-electron chi connectivity index (χ2n) is 5.48. The van der Waals surface area contributed by atoms with E-state index in [2.05, 4.69) is 5.10 Å². The third kappa shape index (κ3) is 3.25. The molecule has 2 rings (SSSR count). The zero-order valence-corrected chi connectivity index (χ0v) is 13.3. The van der Waals surface area contributed by atoms with E-state index in [-0.39, 0.29) is 11.4 Å². The molecule has 0 bridgehead atoms. The van der Waals surface area contributed by atoms with Crippen LogP contribution in [-0.4, -0.2) is 66.5 Å². The van der Waals surface area contributed by atoms with E-state index in [0.717, 1.165) is 0 Å². The quantitative estimate of drug-likeness (QED) is 0.752.